The molecule has 0 saturated heterocycles. The van der Waals surface area contributed by atoms with E-state index in [1.165, 1.54) is 11.8 Å². The minimum absolute atomic E-state index is 0.168. The van der Waals surface area contributed by atoms with Gasteiger partial charge in [-0.3, -0.25) is 4.79 Å². The summed E-state index contributed by atoms with van der Waals surface area (Å²) in [5, 5.41) is 4.40. The second kappa shape index (κ2) is 9.49. The zero-order valence-electron chi connectivity index (χ0n) is 17.2. The molecule has 0 radical (unpaired) electrons. The molecule has 0 saturated carbocycles. The first-order chi connectivity index (χ1) is 15.2. The monoisotopic (exact) mass is 431 g/mol. The van der Waals surface area contributed by atoms with Gasteiger partial charge >= 0.3 is 0 Å². The van der Waals surface area contributed by atoms with Gasteiger partial charge in [0.2, 0.25) is 5.91 Å². The predicted molar refractivity (Wildman–Crippen MR) is 124 cm³/mol. The lowest BCUT2D eigenvalue weighted by Crippen LogP contribution is -2.15. The number of anilines is 1. The Bertz CT molecular complexity index is 1220. The summed E-state index contributed by atoms with van der Waals surface area (Å²) in [4.78, 5) is 21.9. The van der Waals surface area contributed by atoms with E-state index < -0.39 is 0 Å². The average Bonchev–Trinajstić information content (AvgIpc) is 2.83. The number of nitrogens with zero attached hydrogens (tertiary/aromatic N) is 2. The molecular formula is C24H21N3O3S. The third-order valence-electron chi connectivity index (χ3n) is 4.65. The molecule has 0 atom stereocenters. The Morgan fingerprint density at radius 1 is 0.935 bits per heavy atom. The molecule has 31 heavy (non-hydrogen) atoms. The van der Waals surface area contributed by atoms with E-state index >= 15 is 0 Å². The van der Waals surface area contributed by atoms with Gasteiger partial charge in [0.05, 0.1) is 36.9 Å². The SMILES string of the molecule is COc1ccc(NC(=O)CSc2nc(-c3ccccc3)c3ccccc3n2)c(OC)c1. The number of aromatic nitrogens is 2. The van der Waals surface area contributed by atoms with Crippen molar-refractivity contribution in [2.45, 2.75) is 5.16 Å². The van der Waals surface area contributed by atoms with E-state index in [1.54, 1.807) is 32.4 Å². The standard InChI is InChI=1S/C24H21N3O3S/c1-29-17-12-13-20(21(14-17)30-2)25-22(28)15-31-24-26-19-11-7-6-10-18(19)23(27-24)16-8-4-3-5-9-16/h3-14H,15H2,1-2H3,(H,25,28). The molecule has 1 amide bonds. The maximum atomic E-state index is 12.6. The Hall–Kier alpha value is -3.58. The van der Waals surface area contributed by atoms with E-state index in [2.05, 4.69) is 10.3 Å². The van der Waals surface area contributed by atoms with E-state index in [0.717, 1.165) is 22.2 Å². The van der Waals surface area contributed by atoms with Gasteiger partial charge in [-0.05, 0) is 18.2 Å². The molecule has 7 heteroatoms. The van der Waals surface area contributed by atoms with Gasteiger partial charge in [0.1, 0.15) is 11.5 Å². The number of amides is 1. The van der Waals surface area contributed by atoms with Gasteiger partial charge in [-0.1, -0.05) is 60.3 Å². The number of rotatable bonds is 7. The zero-order chi connectivity index (χ0) is 21.6. The lowest BCUT2D eigenvalue weighted by atomic mass is 10.1. The topological polar surface area (TPSA) is 73.3 Å². The molecule has 1 heterocycles. The molecule has 0 unspecified atom stereocenters. The van der Waals surface area contributed by atoms with E-state index in [4.69, 9.17) is 14.5 Å². The highest BCUT2D eigenvalue weighted by Gasteiger charge is 2.13. The van der Waals surface area contributed by atoms with Crippen molar-refractivity contribution in [3.05, 3.63) is 72.8 Å². The summed E-state index contributed by atoms with van der Waals surface area (Å²) < 4.78 is 10.5. The summed E-state index contributed by atoms with van der Waals surface area (Å²) in [7, 11) is 3.13. The Labute approximate surface area is 184 Å². The van der Waals surface area contributed by atoms with Crippen molar-refractivity contribution in [3.63, 3.8) is 0 Å². The summed E-state index contributed by atoms with van der Waals surface area (Å²) in [6.45, 7) is 0. The Balaban J connectivity index is 1.54. The maximum absolute atomic E-state index is 12.6. The second-order valence-electron chi connectivity index (χ2n) is 6.64. The average molecular weight is 432 g/mol. The van der Waals surface area contributed by atoms with Crippen LogP contribution in [-0.2, 0) is 4.79 Å². The molecule has 0 bridgehead atoms. The third-order valence-corrected chi connectivity index (χ3v) is 5.49. The lowest BCUT2D eigenvalue weighted by Gasteiger charge is -2.12. The van der Waals surface area contributed by atoms with Crippen molar-refractivity contribution < 1.29 is 14.3 Å². The quantitative estimate of drug-likeness (QED) is 0.326. The second-order valence-corrected chi connectivity index (χ2v) is 7.58. The van der Waals surface area contributed by atoms with Crippen LogP contribution in [0.15, 0.2) is 78.0 Å². The highest BCUT2D eigenvalue weighted by atomic mass is 32.2. The molecule has 0 aliphatic heterocycles. The highest BCUT2D eigenvalue weighted by molar-refractivity contribution is 7.99. The van der Waals surface area contributed by atoms with Gasteiger partial charge in [0, 0.05) is 17.0 Å². The Kier molecular flexibility index (Phi) is 6.33. The van der Waals surface area contributed by atoms with Crippen LogP contribution in [0.2, 0.25) is 0 Å². The van der Waals surface area contributed by atoms with Gasteiger partial charge < -0.3 is 14.8 Å². The number of para-hydroxylation sites is 1. The fourth-order valence-corrected chi connectivity index (χ4v) is 3.81. The van der Waals surface area contributed by atoms with Crippen LogP contribution in [0.1, 0.15) is 0 Å². The van der Waals surface area contributed by atoms with Crippen molar-refractivity contribution in [2.75, 3.05) is 25.3 Å². The molecule has 3 aromatic carbocycles. The van der Waals surface area contributed by atoms with Crippen LogP contribution in [0.4, 0.5) is 5.69 Å². The number of carbonyl (C=O) groups is 1. The lowest BCUT2D eigenvalue weighted by molar-refractivity contribution is -0.113. The van der Waals surface area contributed by atoms with Crippen LogP contribution in [0.3, 0.4) is 0 Å². The Morgan fingerprint density at radius 3 is 2.48 bits per heavy atom. The number of methoxy groups -OCH3 is 2. The number of hydrogen-bond donors (Lipinski definition) is 1. The predicted octanol–water partition coefficient (Wildman–Crippen LogP) is 5.04. The number of benzene rings is 3. The van der Waals surface area contributed by atoms with Crippen molar-refractivity contribution in [3.8, 4) is 22.8 Å². The number of carbonyl (C=O) groups excluding carboxylic acids is 1. The summed E-state index contributed by atoms with van der Waals surface area (Å²) in [5.74, 6) is 1.18. The zero-order valence-corrected chi connectivity index (χ0v) is 18.0. The van der Waals surface area contributed by atoms with Crippen molar-refractivity contribution in [1.82, 2.24) is 9.97 Å². The van der Waals surface area contributed by atoms with E-state index in [0.29, 0.717) is 22.3 Å². The number of fused-ring (bicyclic) bond motifs is 1. The molecule has 1 aromatic heterocycles. The smallest absolute Gasteiger partial charge is 0.234 e. The molecule has 0 aliphatic rings. The first-order valence-corrected chi connectivity index (χ1v) is 10.6. The number of nitrogens with one attached hydrogen (secondary N) is 1. The van der Waals surface area contributed by atoms with Crippen molar-refractivity contribution in [1.29, 1.82) is 0 Å². The largest absolute Gasteiger partial charge is 0.497 e. The van der Waals surface area contributed by atoms with E-state index in [9.17, 15) is 4.79 Å². The number of thioether (sulfide) groups is 1. The summed E-state index contributed by atoms with van der Waals surface area (Å²) in [6, 6.07) is 23.1. The molecule has 1 N–H and O–H groups in total. The van der Waals surface area contributed by atoms with Crippen LogP contribution in [0.25, 0.3) is 22.2 Å². The Morgan fingerprint density at radius 2 is 1.71 bits per heavy atom. The van der Waals surface area contributed by atoms with Crippen LogP contribution >= 0.6 is 11.8 Å². The van der Waals surface area contributed by atoms with Crippen molar-refractivity contribution in [2.24, 2.45) is 0 Å². The molecular weight excluding hydrogens is 410 g/mol. The number of hydrogen-bond acceptors (Lipinski definition) is 6. The first kappa shape index (κ1) is 20.7. The molecule has 0 fully saturated rings. The summed E-state index contributed by atoms with van der Waals surface area (Å²) in [5.41, 5.74) is 3.29. The molecule has 4 aromatic rings. The fraction of sp³-hybridized carbons (Fsp3) is 0.125. The first-order valence-electron chi connectivity index (χ1n) is 9.65. The van der Waals surface area contributed by atoms with Crippen LogP contribution in [0.5, 0.6) is 11.5 Å². The minimum Gasteiger partial charge on any atom is -0.497 e. The van der Waals surface area contributed by atoms with Crippen molar-refractivity contribution >= 4 is 34.3 Å². The third kappa shape index (κ3) is 4.78. The summed E-state index contributed by atoms with van der Waals surface area (Å²) >= 11 is 1.29. The molecule has 0 spiro atoms. The highest BCUT2D eigenvalue weighted by Crippen LogP contribution is 2.30. The van der Waals surface area contributed by atoms with Crippen LogP contribution in [0, 0.1) is 0 Å². The van der Waals surface area contributed by atoms with Gasteiger partial charge in [-0.2, -0.15) is 0 Å². The van der Waals surface area contributed by atoms with Gasteiger partial charge in [-0.15, -0.1) is 0 Å². The van der Waals surface area contributed by atoms with Gasteiger partial charge in [0.15, 0.2) is 5.16 Å². The molecule has 0 aliphatic carbocycles. The fourth-order valence-electron chi connectivity index (χ4n) is 3.15. The number of ether oxygens (including phenoxy) is 2. The molecule has 4 rings (SSSR count). The van der Waals surface area contributed by atoms with Crippen LogP contribution in [-0.4, -0.2) is 35.8 Å². The minimum atomic E-state index is -0.175. The van der Waals surface area contributed by atoms with E-state index in [1.807, 2.05) is 54.6 Å². The van der Waals surface area contributed by atoms with Crippen LogP contribution < -0.4 is 14.8 Å². The molecule has 6 nitrogen and oxygen atoms in total. The normalized spacial score (nSPS) is 10.6. The maximum Gasteiger partial charge on any atom is 0.234 e. The van der Waals surface area contributed by atoms with E-state index in [-0.39, 0.29) is 11.7 Å². The van der Waals surface area contributed by atoms with Gasteiger partial charge in [-0.25, -0.2) is 9.97 Å². The molecule has 156 valence electrons. The summed E-state index contributed by atoms with van der Waals surface area (Å²) in [6.07, 6.45) is 0. The van der Waals surface area contributed by atoms with Gasteiger partial charge in [0.25, 0.3) is 0 Å².